The van der Waals surface area contributed by atoms with Gasteiger partial charge in [0.1, 0.15) is 11.3 Å². The maximum atomic E-state index is 12.6. The Bertz CT molecular complexity index is 1290. The Hall–Kier alpha value is -3.39. The summed E-state index contributed by atoms with van der Waals surface area (Å²) in [6.07, 6.45) is 3.32. The Balaban J connectivity index is 1.81. The summed E-state index contributed by atoms with van der Waals surface area (Å²) in [7, 11) is 3.22. The number of aliphatic imine (C=N–C) groups is 1. The van der Waals surface area contributed by atoms with E-state index in [4.69, 9.17) is 18.6 Å². The number of furan rings is 1. The minimum atomic E-state index is -0.210. The zero-order valence-corrected chi connectivity index (χ0v) is 20.8. The average Bonchev–Trinajstić information content (AvgIpc) is 3.50. The summed E-state index contributed by atoms with van der Waals surface area (Å²) in [4.78, 5) is 16.9. The lowest BCUT2D eigenvalue weighted by Gasteiger charge is -2.15. The summed E-state index contributed by atoms with van der Waals surface area (Å²) in [6.45, 7) is 7.03. The van der Waals surface area contributed by atoms with E-state index in [0.717, 1.165) is 51.1 Å². The molecule has 0 radical (unpaired) electrons. The lowest BCUT2D eigenvalue weighted by Crippen LogP contribution is -2.25. The second-order valence-corrected chi connectivity index (χ2v) is 8.84. The number of carbonyl (C=O) groups is 1. The highest BCUT2D eigenvalue weighted by molar-refractivity contribution is 8.14. The first-order chi connectivity index (χ1) is 16.5. The molecule has 1 aliphatic heterocycles. The molecule has 0 atom stereocenters. The van der Waals surface area contributed by atoms with Crippen molar-refractivity contribution < 1.29 is 23.4 Å². The smallest absolute Gasteiger partial charge is 0.250 e. The molecule has 7 nitrogen and oxygen atoms in total. The van der Waals surface area contributed by atoms with Crippen molar-refractivity contribution in [1.29, 1.82) is 0 Å². The van der Waals surface area contributed by atoms with Crippen molar-refractivity contribution in [3.8, 4) is 28.4 Å². The van der Waals surface area contributed by atoms with E-state index in [-0.39, 0.29) is 5.91 Å². The van der Waals surface area contributed by atoms with Crippen LogP contribution in [-0.4, -0.2) is 44.2 Å². The van der Waals surface area contributed by atoms with Crippen LogP contribution in [0.1, 0.15) is 25.0 Å². The molecule has 1 amide bonds. The van der Waals surface area contributed by atoms with E-state index in [2.05, 4.69) is 10.3 Å². The third-order valence-corrected chi connectivity index (χ3v) is 6.51. The van der Waals surface area contributed by atoms with Gasteiger partial charge in [-0.05, 0) is 50.1 Å². The fourth-order valence-electron chi connectivity index (χ4n) is 3.99. The number of fused-ring (bicyclic) bond motifs is 1. The summed E-state index contributed by atoms with van der Waals surface area (Å²) < 4.78 is 22.8. The monoisotopic (exact) mass is 480 g/mol. The molecular formula is C26H28N2O5S. The van der Waals surface area contributed by atoms with Crippen LogP contribution in [0.15, 0.2) is 46.0 Å². The number of allylic oxidation sites excluding steroid dienone is 1. The largest absolute Gasteiger partial charge is 0.493 e. The Kier molecular flexibility index (Phi) is 7.17. The van der Waals surface area contributed by atoms with Crippen molar-refractivity contribution in [2.75, 3.05) is 33.1 Å². The first-order valence-corrected chi connectivity index (χ1v) is 12.0. The average molecular weight is 481 g/mol. The second kappa shape index (κ2) is 10.3. The topological polar surface area (TPSA) is 82.3 Å². The van der Waals surface area contributed by atoms with Gasteiger partial charge in [-0.25, -0.2) is 0 Å². The third-order valence-electron chi connectivity index (χ3n) is 5.62. The number of hydrogen-bond donors (Lipinski definition) is 1. The van der Waals surface area contributed by atoms with E-state index in [1.54, 1.807) is 38.3 Å². The molecule has 1 aromatic heterocycles. The van der Waals surface area contributed by atoms with Crippen LogP contribution < -0.4 is 19.5 Å². The van der Waals surface area contributed by atoms with Crippen molar-refractivity contribution in [3.63, 3.8) is 0 Å². The van der Waals surface area contributed by atoms with Crippen molar-refractivity contribution in [3.05, 3.63) is 47.7 Å². The maximum Gasteiger partial charge on any atom is 0.250 e. The van der Waals surface area contributed by atoms with E-state index >= 15 is 0 Å². The number of rotatable bonds is 7. The molecule has 3 aromatic rings. The zero-order valence-electron chi connectivity index (χ0n) is 20.0. The summed E-state index contributed by atoms with van der Waals surface area (Å²) >= 11 is 1.55. The minimum Gasteiger partial charge on any atom is -0.493 e. The standard InChI is InChI=1S/C26H28N2O5S/c1-6-32-24-16(3)25-19(13-18(24)15(2)11-23(29)28-26-27-9-10-34-26)20(14-33-25)17-7-8-21(30-4)22(12-17)31-5/h7-8,11-14H,6,9-10H2,1-5H3,(H,27,28,29)/b15-11+. The Morgan fingerprint density at radius 3 is 2.71 bits per heavy atom. The first kappa shape index (κ1) is 23.8. The SMILES string of the molecule is CCOc1c(/C(C)=C/C(=O)NC2=NCCS2)cc2c(-c3ccc(OC)c(OC)c3)coc2c1C. The van der Waals surface area contributed by atoms with E-state index in [0.29, 0.717) is 29.0 Å². The minimum absolute atomic E-state index is 0.210. The molecule has 0 saturated carbocycles. The summed E-state index contributed by atoms with van der Waals surface area (Å²) in [5, 5.41) is 4.44. The third kappa shape index (κ3) is 4.63. The highest BCUT2D eigenvalue weighted by Crippen LogP contribution is 2.42. The molecule has 0 fully saturated rings. The van der Waals surface area contributed by atoms with Gasteiger partial charge < -0.3 is 23.9 Å². The van der Waals surface area contributed by atoms with E-state index in [9.17, 15) is 4.79 Å². The Labute approximate surface area is 203 Å². The fraction of sp³-hybridized carbons (Fsp3) is 0.308. The molecule has 0 aliphatic carbocycles. The highest BCUT2D eigenvalue weighted by atomic mass is 32.2. The van der Waals surface area contributed by atoms with E-state index in [1.165, 1.54) is 0 Å². The van der Waals surface area contributed by atoms with Gasteiger partial charge in [0.2, 0.25) is 5.91 Å². The van der Waals surface area contributed by atoms with Crippen molar-refractivity contribution >= 4 is 39.4 Å². The molecular weight excluding hydrogens is 452 g/mol. The number of amides is 1. The lowest BCUT2D eigenvalue weighted by atomic mass is 9.96. The van der Waals surface area contributed by atoms with Gasteiger partial charge >= 0.3 is 0 Å². The van der Waals surface area contributed by atoms with Crippen LogP contribution >= 0.6 is 11.8 Å². The normalized spacial score (nSPS) is 13.7. The van der Waals surface area contributed by atoms with E-state index < -0.39 is 0 Å². The number of aryl methyl sites for hydroxylation is 1. The highest BCUT2D eigenvalue weighted by Gasteiger charge is 2.20. The Morgan fingerprint density at radius 2 is 2.03 bits per heavy atom. The molecule has 0 saturated heterocycles. The van der Waals surface area contributed by atoms with Crippen molar-refractivity contribution in [1.82, 2.24) is 5.32 Å². The molecule has 178 valence electrons. The van der Waals surface area contributed by atoms with Gasteiger partial charge in [0, 0.05) is 33.9 Å². The molecule has 1 N–H and O–H groups in total. The van der Waals surface area contributed by atoms with Crippen LogP contribution in [0.5, 0.6) is 17.2 Å². The Morgan fingerprint density at radius 1 is 1.24 bits per heavy atom. The maximum absolute atomic E-state index is 12.6. The van der Waals surface area contributed by atoms with Crippen molar-refractivity contribution in [2.24, 2.45) is 4.99 Å². The summed E-state index contributed by atoms with van der Waals surface area (Å²) in [5.41, 5.74) is 5.09. The number of carbonyl (C=O) groups excluding carboxylic acids is 1. The van der Waals surface area contributed by atoms with Crippen LogP contribution in [0, 0.1) is 6.92 Å². The van der Waals surface area contributed by atoms with Crippen LogP contribution in [0.2, 0.25) is 0 Å². The summed E-state index contributed by atoms with van der Waals surface area (Å²) in [6, 6.07) is 7.77. The summed E-state index contributed by atoms with van der Waals surface area (Å²) in [5.74, 6) is 2.68. The quantitative estimate of drug-likeness (QED) is 0.453. The van der Waals surface area contributed by atoms with Crippen LogP contribution in [-0.2, 0) is 4.79 Å². The molecule has 4 rings (SSSR count). The number of nitrogens with one attached hydrogen (secondary N) is 1. The van der Waals surface area contributed by atoms with Gasteiger partial charge in [0.05, 0.1) is 33.6 Å². The molecule has 2 aromatic carbocycles. The number of benzene rings is 2. The zero-order chi connectivity index (χ0) is 24.2. The molecule has 1 aliphatic rings. The molecule has 34 heavy (non-hydrogen) atoms. The van der Waals surface area contributed by atoms with Gasteiger partial charge in [0.25, 0.3) is 0 Å². The number of ether oxygens (including phenoxy) is 3. The molecule has 0 spiro atoms. The molecule has 0 bridgehead atoms. The van der Waals surface area contributed by atoms with Crippen LogP contribution in [0.3, 0.4) is 0 Å². The predicted octanol–water partition coefficient (Wildman–Crippen LogP) is 5.45. The number of amidine groups is 1. The van der Waals surface area contributed by atoms with E-state index in [1.807, 2.05) is 45.0 Å². The predicted molar refractivity (Wildman–Crippen MR) is 137 cm³/mol. The fourth-order valence-corrected chi connectivity index (χ4v) is 4.72. The first-order valence-electron chi connectivity index (χ1n) is 11.0. The van der Waals surface area contributed by atoms with Gasteiger partial charge in [-0.2, -0.15) is 0 Å². The molecule has 0 unspecified atom stereocenters. The number of methoxy groups -OCH3 is 2. The van der Waals surface area contributed by atoms with Gasteiger partial charge in [0.15, 0.2) is 16.7 Å². The number of hydrogen-bond acceptors (Lipinski definition) is 7. The van der Waals surface area contributed by atoms with Crippen LogP contribution in [0.25, 0.3) is 27.7 Å². The molecule has 2 heterocycles. The second-order valence-electron chi connectivity index (χ2n) is 7.76. The van der Waals surface area contributed by atoms with Crippen molar-refractivity contribution in [2.45, 2.75) is 20.8 Å². The number of nitrogens with zero attached hydrogens (tertiary/aromatic N) is 1. The van der Waals surface area contributed by atoms with Gasteiger partial charge in [-0.15, -0.1) is 0 Å². The van der Waals surface area contributed by atoms with Gasteiger partial charge in [-0.1, -0.05) is 17.8 Å². The van der Waals surface area contributed by atoms with Crippen LogP contribution in [0.4, 0.5) is 0 Å². The van der Waals surface area contributed by atoms with Gasteiger partial charge in [-0.3, -0.25) is 9.79 Å². The molecule has 8 heteroatoms. The lowest BCUT2D eigenvalue weighted by molar-refractivity contribution is -0.115. The number of thioether (sulfide) groups is 1.